The van der Waals surface area contributed by atoms with E-state index >= 15 is 0 Å². The molecule has 1 aliphatic rings. The molecule has 0 bridgehead atoms. The minimum atomic E-state index is -0.0947. The van der Waals surface area contributed by atoms with Crippen molar-refractivity contribution in [1.82, 2.24) is 9.80 Å². The van der Waals surface area contributed by atoms with Crippen molar-refractivity contribution in [2.24, 2.45) is 5.73 Å². The summed E-state index contributed by atoms with van der Waals surface area (Å²) >= 11 is 0. The molecule has 2 N–H and O–H groups in total. The van der Waals surface area contributed by atoms with Crippen molar-refractivity contribution in [2.75, 3.05) is 26.7 Å². The van der Waals surface area contributed by atoms with Gasteiger partial charge >= 0.3 is 0 Å². The minimum absolute atomic E-state index is 0.00852. The van der Waals surface area contributed by atoms with E-state index in [1.807, 2.05) is 6.92 Å². The fraction of sp³-hybridized carbons (Fsp3) is 0.800. The van der Waals surface area contributed by atoms with E-state index in [9.17, 15) is 9.59 Å². The number of nitrogens with two attached hydrogens (primary N) is 1. The smallest absolute Gasteiger partial charge is 0.232 e. The zero-order chi connectivity index (χ0) is 11.4. The second-order valence-corrected chi connectivity index (χ2v) is 4.01. The topological polar surface area (TPSA) is 66.6 Å². The SMILES string of the molecule is CC1CN(CCCN)C(=O)CC(=O)N1C. The molecule has 86 valence electrons. The average molecular weight is 213 g/mol. The standard InChI is InChI=1S/C10H19N3O2/c1-8-7-13(5-3-4-11)10(15)6-9(14)12(8)2/h8H,3-7,11H2,1-2H3. The second-order valence-electron chi connectivity index (χ2n) is 4.01. The van der Waals surface area contributed by atoms with Gasteiger partial charge < -0.3 is 15.5 Å². The summed E-state index contributed by atoms with van der Waals surface area (Å²) in [6.07, 6.45) is 0.780. The predicted octanol–water partition coefficient (Wildman–Crippen LogP) is -0.586. The van der Waals surface area contributed by atoms with E-state index < -0.39 is 0 Å². The molecule has 0 aliphatic carbocycles. The van der Waals surface area contributed by atoms with E-state index in [2.05, 4.69) is 0 Å². The fourth-order valence-corrected chi connectivity index (χ4v) is 1.65. The Morgan fingerprint density at radius 1 is 1.40 bits per heavy atom. The van der Waals surface area contributed by atoms with Gasteiger partial charge in [0.05, 0.1) is 0 Å². The van der Waals surface area contributed by atoms with Crippen LogP contribution in [0.1, 0.15) is 19.8 Å². The molecule has 0 radical (unpaired) electrons. The van der Waals surface area contributed by atoms with Gasteiger partial charge in [-0.15, -0.1) is 0 Å². The lowest BCUT2D eigenvalue weighted by Gasteiger charge is -2.25. The Balaban J connectivity index is 2.65. The highest BCUT2D eigenvalue weighted by molar-refractivity contribution is 5.97. The largest absolute Gasteiger partial charge is 0.341 e. The summed E-state index contributed by atoms with van der Waals surface area (Å²) in [5, 5.41) is 0. The predicted molar refractivity (Wildman–Crippen MR) is 57.1 cm³/mol. The van der Waals surface area contributed by atoms with Crippen LogP contribution in [0.15, 0.2) is 0 Å². The number of carbonyl (C=O) groups is 2. The van der Waals surface area contributed by atoms with E-state index in [0.29, 0.717) is 19.6 Å². The number of hydrogen-bond acceptors (Lipinski definition) is 3. The van der Waals surface area contributed by atoms with Gasteiger partial charge in [0.2, 0.25) is 11.8 Å². The molecule has 0 saturated carbocycles. The normalized spacial score (nSPS) is 23.3. The number of nitrogens with zero attached hydrogens (tertiary/aromatic N) is 2. The van der Waals surface area contributed by atoms with Gasteiger partial charge in [-0.1, -0.05) is 0 Å². The van der Waals surface area contributed by atoms with Gasteiger partial charge in [0.25, 0.3) is 0 Å². The maximum Gasteiger partial charge on any atom is 0.232 e. The maximum absolute atomic E-state index is 11.7. The number of carbonyl (C=O) groups excluding carboxylic acids is 2. The number of amides is 2. The average Bonchev–Trinajstić information content (AvgIpc) is 2.29. The Morgan fingerprint density at radius 3 is 2.67 bits per heavy atom. The van der Waals surface area contributed by atoms with Crippen LogP contribution in [0.5, 0.6) is 0 Å². The highest BCUT2D eigenvalue weighted by atomic mass is 16.2. The van der Waals surface area contributed by atoms with Crippen LogP contribution in [0, 0.1) is 0 Å². The van der Waals surface area contributed by atoms with E-state index in [0.717, 1.165) is 6.42 Å². The van der Waals surface area contributed by atoms with Crippen LogP contribution in [0.25, 0.3) is 0 Å². The van der Waals surface area contributed by atoms with E-state index in [4.69, 9.17) is 5.73 Å². The summed E-state index contributed by atoms with van der Waals surface area (Å²) in [5.41, 5.74) is 5.40. The van der Waals surface area contributed by atoms with Gasteiger partial charge in [0.15, 0.2) is 0 Å². The first-order valence-corrected chi connectivity index (χ1v) is 5.29. The van der Waals surface area contributed by atoms with Crippen LogP contribution in [0.2, 0.25) is 0 Å². The second kappa shape index (κ2) is 5.11. The Hall–Kier alpha value is -1.10. The molecular weight excluding hydrogens is 194 g/mol. The molecule has 1 atom stereocenters. The molecular formula is C10H19N3O2. The Labute approximate surface area is 90.2 Å². The van der Waals surface area contributed by atoms with Crippen molar-refractivity contribution in [1.29, 1.82) is 0 Å². The van der Waals surface area contributed by atoms with Gasteiger partial charge in [-0.3, -0.25) is 9.59 Å². The molecule has 2 amide bonds. The summed E-state index contributed by atoms with van der Waals surface area (Å²) < 4.78 is 0. The highest BCUT2D eigenvalue weighted by Crippen LogP contribution is 2.10. The van der Waals surface area contributed by atoms with Gasteiger partial charge in [-0.05, 0) is 19.9 Å². The van der Waals surface area contributed by atoms with Crippen molar-refractivity contribution in [2.45, 2.75) is 25.8 Å². The van der Waals surface area contributed by atoms with Crippen LogP contribution < -0.4 is 5.73 Å². The molecule has 1 aliphatic heterocycles. The van der Waals surface area contributed by atoms with Crippen molar-refractivity contribution in [3.05, 3.63) is 0 Å². The molecule has 1 rings (SSSR count). The molecule has 1 unspecified atom stereocenters. The molecule has 0 aromatic rings. The molecule has 0 spiro atoms. The van der Waals surface area contributed by atoms with Crippen LogP contribution in [0.3, 0.4) is 0 Å². The van der Waals surface area contributed by atoms with E-state index in [-0.39, 0.29) is 24.3 Å². The third-order valence-corrected chi connectivity index (χ3v) is 2.83. The van der Waals surface area contributed by atoms with Crippen molar-refractivity contribution < 1.29 is 9.59 Å². The fourth-order valence-electron chi connectivity index (χ4n) is 1.65. The quantitative estimate of drug-likeness (QED) is 0.637. The highest BCUT2D eigenvalue weighted by Gasteiger charge is 2.28. The summed E-state index contributed by atoms with van der Waals surface area (Å²) in [5.74, 6) is -0.174. The molecule has 0 aromatic heterocycles. The van der Waals surface area contributed by atoms with Crippen LogP contribution in [0.4, 0.5) is 0 Å². The van der Waals surface area contributed by atoms with Crippen LogP contribution in [-0.4, -0.2) is 54.3 Å². The van der Waals surface area contributed by atoms with Gasteiger partial charge in [-0.25, -0.2) is 0 Å². The number of hydrogen-bond donors (Lipinski definition) is 1. The third-order valence-electron chi connectivity index (χ3n) is 2.83. The molecule has 1 heterocycles. The number of likely N-dealkylation sites (N-methyl/N-ethyl adjacent to an activating group) is 1. The number of rotatable bonds is 3. The van der Waals surface area contributed by atoms with E-state index in [1.165, 1.54) is 0 Å². The summed E-state index contributed by atoms with van der Waals surface area (Å²) in [4.78, 5) is 26.5. The van der Waals surface area contributed by atoms with Gasteiger partial charge in [0.1, 0.15) is 6.42 Å². The van der Waals surface area contributed by atoms with Crippen LogP contribution in [-0.2, 0) is 9.59 Å². The lowest BCUT2D eigenvalue weighted by Crippen LogP contribution is -2.39. The lowest BCUT2D eigenvalue weighted by atomic mass is 10.3. The summed E-state index contributed by atoms with van der Waals surface area (Å²) in [6.45, 7) is 3.79. The van der Waals surface area contributed by atoms with Gasteiger partial charge in [-0.2, -0.15) is 0 Å². The molecule has 0 aromatic carbocycles. The summed E-state index contributed by atoms with van der Waals surface area (Å²) in [6, 6.07) is 0.0849. The Morgan fingerprint density at radius 2 is 2.07 bits per heavy atom. The van der Waals surface area contributed by atoms with Crippen molar-refractivity contribution in [3.63, 3.8) is 0 Å². The van der Waals surface area contributed by atoms with Crippen molar-refractivity contribution in [3.8, 4) is 0 Å². The molecule has 15 heavy (non-hydrogen) atoms. The Kier molecular flexibility index (Phi) is 4.08. The molecule has 1 fully saturated rings. The maximum atomic E-state index is 11.7. The van der Waals surface area contributed by atoms with Crippen LogP contribution >= 0.6 is 0 Å². The first-order chi connectivity index (χ1) is 7.06. The zero-order valence-corrected chi connectivity index (χ0v) is 9.40. The first kappa shape index (κ1) is 12.0. The minimum Gasteiger partial charge on any atom is -0.341 e. The van der Waals surface area contributed by atoms with E-state index in [1.54, 1.807) is 16.8 Å². The zero-order valence-electron chi connectivity index (χ0n) is 9.40. The van der Waals surface area contributed by atoms with Gasteiger partial charge in [0, 0.05) is 26.2 Å². The monoisotopic (exact) mass is 213 g/mol. The third kappa shape index (κ3) is 2.92. The lowest BCUT2D eigenvalue weighted by molar-refractivity contribution is -0.136. The summed E-state index contributed by atoms with van der Waals surface area (Å²) in [7, 11) is 1.74. The molecule has 1 saturated heterocycles. The Bertz CT molecular complexity index is 255. The van der Waals surface area contributed by atoms with Crippen molar-refractivity contribution >= 4 is 11.8 Å². The molecule has 5 heteroatoms. The first-order valence-electron chi connectivity index (χ1n) is 5.29. The molecule has 5 nitrogen and oxygen atoms in total.